The molecule has 2 aromatic heterocycles. The van der Waals surface area contributed by atoms with Crippen LogP contribution in [-0.2, 0) is 6.54 Å². The number of aromatic nitrogens is 4. The van der Waals surface area contributed by atoms with Crippen molar-refractivity contribution in [3.63, 3.8) is 0 Å². The molecule has 1 N–H and O–H groups in total. The van der Waals surface area contributed by atoms with E-state index in [2.05, 4.69) is 25.1 Å². The highest BCUT2D eigenvalue weighted by Crippen LogP contribution is 2.22. The maximum absolute atomic E-state index is 4.38. The Labute approximate surface area is 113 Å². The van der Waals surface area contributed by atoms with Crippen LogP contribution in [0, 0.1) is 6.92 Å². The van der Waals surface area contributed by atoms with Crippen LogP contribution in [0.1, 0.15) is 42.6 Å². The normalized spacial score (nSPS) is 19.5. The van der Waals surface area contributed by atoms with Crippen LogP contribution in [0.4, 0.5) is 0 Å². The van der Waals surface area contributed by atoms with Crippen LogP contribution < -0.4 is 5.32 Å². The molecule has 2 aromatic rings. The predicted octanol–water partition coefficient (Wildman–Crippen LogP) is 1.84. The van der Waals surface area contributed by atoms with Crippen LogP contribution in [0.2, 0.25) is 0 Å². The van der Waals surface area contributed by atoms with Crippen LogP contribution in [-0.4, -0.2) is 26.3 Å². The van der Waals surface area contributed by atoms with Gasteiger partial charge in [0, 0.05) is 6.20 Å². The van der Waals surface area contributed by atoms with E-state index in [4.69, 9.17) is 0 Å². The first-order valence-corrected chi connectivity index (χ1v) is 6.87. The van der Waals surface area contributed by atoms with E-state index >= 15 is 0 Å². The van der Waals surface area contributed by atoms with Crippen molar-refractivity contribution in [1.29, 1.82) is 0 Å². The highest BCUT2D eigenvalue weighted by atomic mass is 15.3. The van der Waals surface area contributed by atoms with Gasteiger partial charge in [0.25, 0.3) is 0 Å². The lowest BCUT2D eigenvalue weighted by Gasteiger charge is -2.23. The summed E-state index contributed by atoms with van der Waals surface area (Å²) in [5, 5.41) is 12.1. The summed E-state index contributed by atoms with van der Waals surface area (Å²) in [4.78, 5) is 4.38. The zero-order valence-corrected chi connectivity index (χ0v) is 11.2. The Bertz CT molecular complexity index is 528. The lowest BCUT2D eigenvalue weighted by Crippen LogP contribution is -2.29. The number of aryl methyl sites for hydroxylation is 1. The SMILES string of the molecule is Cc1nnc(C2CCCCN2)n1Cc1ccccn1. The molecule has 0 saturated carbocycles. The summed E-state index contributed by atoms with van der Waals surface area (Å²) in [6, 6.07) is 6.32. The molecule has 0 aliphatic carbocycles. The molecule has 1 atom stereocenters. The molecule has 5 nitrogen and oxygen atoms in total. The molecular formula is C14H19N5. The molecule has 1 fully saturated rings. The van der Waals surface area contributed by atoms with Crippen molar-refractivity contribution < 1.29 is 0 Å². The third-order valence-electron chi connectivity index (χ3n) is 3.63. The molecular weight excluding hydrogens is 238 g/mol. The number of hydrogen-bond acceptors (Lipinski definition) is 4. The number of piperidine rings is 1. The summed E-state index contributed by atoms with van der Waals surface area (Å²) < 4.78 is 2.17. The Hall–Kier alpha value is -1.75. The van der Waals surface area contributed by atoms with Crippen molar-refractivity contribution in [2.75, 3.05) is 6.54 Å². The number of hydrogen-bond donors (Lipinski definition) is 1. The van der Waals surface area contributed by atoms with E-state index in [1.54, 1.807) is 0 Å². The maximum Gasteiger partial charge on any atom is 0.150 e. The average Bonchev–Trinajstić information content (AvgIpc) is 2.82. The van der Waals surface area contributed by atoms with Crippen molar-refractivity contribution >= 4 is 0 Å². The smallest absolute Gasteiger partial charge is 0.150 e. The molecule has 3 heterocycles. The van der Waals surface area contributed by atoms with E-state index in [0.29, 0.717) is 6.04 Å². The molecule has 0 bridgehead atoms. The first-order valence-electron chi connectivity index (χ1n) is 6.87. The molecule has 1 saturated heterocycles. The molecule has 1 aliphatic rings. The Morgan fingerprint density at radius 2 is 2.26 bits per heavy atom. The van der Waals surface area contributed by atoms with Crippen LogP contribution in [0.5, 0.6) is 0 Å². The van der Waals surface area contributed by atoms with Crippen molar-refractivity contribution in [1.82, 2.24) is 25.1 Å². The second-order valence-corrected chi connectivity index (χ2v) is 5.02. The second-order valence-electron chi connectivity index (χ2n) is 5.02. The molecule has 0 spiro atoms. The van der Waals surface area contributed by atoms with Gasteiger partial charge in [-0.05, 0) is 38.4 Å². The third-order valence-corrected chi connectivity index (χ3v) is 3.63. The zero-order chi connectivity index (χ0) is 13.1. The van der Waals surface area contributed by atoms with Gasteiger partial charge in [-0.3, -0.25) is 4.98 Å². The Balaban J connectivity index is 1.86. The lowest BCUT2D eigenvalue weighted by molar-refractivity contribution is 0.386. The fourth-order valence-electron chi connectivity index (χ4n) is 2.58. The van der Waals surface area contributed by atoms with Crippen molar-refractivity contribution in [3.8, 4) is 0 Å². The number of rotatable bonds is 3. The monoisotopic (exact) mass is 257 g/mol. The Morgan fingerprint density at radius 1 is 1.32 bits per heavy atom. The van der Waals surface area contributed by atoms with E-state index < -0.39 is 0 Å². The fourth-order valence-corrected chi connectivity index (χ4v) is 2.58. The van der Waals surface area contributed by atoms with Crippen LogP contribution in [0.3, 0.4) is 0 Å². The highest BCUT2D eigenvalue weighted by molar-refractivity contribution is 5.09. The Morgan fingerprint density at radius 3 is 3.00 bits per heavy atom. The maximum atomic E-state index is 4.38. The zero-order valence-electron chi connectivity index (χ0n) is 11.2. The number of nitrogens with one attached hydrogen (secondary N) is 1. The molecule has 0 aromatic carbocycles. The van der Waals surface area contributed by atoms with Gasteiger partial charge in [-0.2, -0.15) is 0 Å². The molecule has 19 heavy (non-hydrogen) atoms. The van der Waals surface area contributed by atoms with E-state index in [9.17, 15) is 0 Å². The largest absolute Gasteiger partial charge is 0.308 e. The minimum Gasteiger partial charge on any atom is -0.308 e. The molecule has 0 amide bonds. The fraction of sp³-hybridized carbons (Fsp3) is 0.500. The highest BCUT2D eigenvalue weighted by Gasteiger charge is 2.21. The second kappa shape index (κ2) is 5.48. The first kappa shape index (κ1) is 12.3. The summed E-state index contributed by atoms with van der Waals surface area (Å²) in [6.07, 6.45) is 5.48. The Kier molecular flexibility index (Phi) is 3.55. The predicted molar refractivity (Wildman–Crippen MR) is 72.7 cm³/mol. The van der Waals surface area contributed by atoms with E-state index in [-0.39, 0.29) is 0 Å². The summed E-state index contributed by atoms with van der Waals surface area (Å²) in [5.41, 5.74) is 1.04. The molecule has 0 radical (unpaired) electrons. The standard InChI is InChI=1S/C14H19N5/c1-11-17-18-14(13-7-3-5-9-16-13)19(11)10-12-6-2-4-8-15-12/h2,4,6,8,13,16H,3,5,7,9-10H2,1H3. The average molecular weight is 257 g/mol. The van der Waals surface area contributed by atoms with Gasteiger partial charge in [0.15, 0.2) is 5.82 Å². The molecule has 3 rings (SSSR count). The summed E-state index contributed by atoms with van der Waals surface area (Å²) in [7, 11) is 0. The van der Waals surface area contributed by atoms with Crippen LogP contribution >= 0.6 is 0 Å². The van der Waals surface area contributed by atoms with E-state index in [1.807, 2.05) is 31.3 Å². The van der Waals surface area contributed by atoms with Gasteiger partial charge in [-0.25, -0.2) is 0 Å². The van der Waals surface area contributed by atoms with E-state index in [0.717, 1.165) is 36.9 Å². The van der Waals surface area contributed by atoms with Gasteiger partial charge in [-0.1, -0.05) is 12.5 Å². The molecule has 100 valence electrons. The quantitative estimate of drug-likeness (QED) is 0.911. The van der Waals surface area contributed by atoms with Crippen molar-refractivity contribution in [2.24, 2.45) is 0 Å². The number of nitrogens with zero attached hydrogens (tertiary/aromatic N) is 4. The summed E-state index contributed by atoms with van der Waals surface area (Å²) in [5.74, 6) is 2.00. The molecule has 1 aliphatic heterocycles. The summed E-state index contributed by atoms with van der Waals surface area (Å²) in [6.45, 7) is 3.82. The minimum atomic E-state index is 0.332. The van der Waals surface area contributed by atoms with Crippen LogP contribution in [0.15, 0.2) is 24.4 Å². The summed E-state index contributed by atoms with van der Waals surface area (Å²) >= 11 is 0. The first-order chi connectivity index (χ1) is 9.34. The number of pyridine rings is 1. The van der Waals surface area contributed by atoms with Gasteiger partial charge in [0.1, 0.15) is 5.82 Å². The van der Waals surface area contributed by atoms with Gasteiger partial charge in [-0.15, -0.1) is 10.2 Å². The lowest BCUT2D eigenvalue weighted by atomic mass is 10.0. The van der Waals surface area contributed by atoms with Gasteiger partial charge < -0.3 is 9.88 Å². The van der Waals surface area contributed by atoms with Gasteiger partial charge in [0.05, 0.1) is 18.3 Å². The van der Waals surface area contributed by atoms with Crippen molar-refractivity contribution in [2.45, 2.75) is 38.8 Å². The van der Waals surface area contributed by atoms with Crippen molar-refractivity contribution in [3.05, 3.63) is 41.7 Å². The topological polar surface area (TPSA) is 55.6 Å². The minimum absolute atomic E-state index is 0.332. The molecule has 5 heteroatoms. The third kappa shape index (κ3) is 2.66. The van der Waals surface area contributed by atoms with Gasteiger partial charge in [0.2, 0.25) is 0 Å². The van der Waals surface area contributed by atoms with Gasteiger partial charge >= 0.3 is 0 Å². The van der Waals surface area contributed by atoms with Crippen LogP contribution in [0.25, 0.3) is 0 Å². The van der Waals surface area contributed by atoms with E-state index in [1.165, 1.54) is 12.8 Å². The molecule has 1 unspecified atom stereocenters.